The van der Waals surface area contributed by atoms with Crippen molar-refractivity contribution < 1.29 is 9.90 Å². The zero-order valence-corrected chi connectivity index (χ0v) is 14.7. The van der Waals surface area contributed by atoms with Crippen LogP contribution in [0.15, 0.2) is 29.8 Å². The summed E-state index contributed by atoms with van der Waals surface area (Å²) in [6.07, 6.45) is 8.11. The summed E-state index contributed by atoms with van der Waals surface area (Å²) in [5.41, 5.74) is 3.41. The van der Waals surface area contributed by atoms with E-state index < -0.39 is 0 Å². The number of likely N-dealkylation sites (tertiary alicyclic amines) is 1. The molecule has 2 aliphatic carbocycles. The average molecular weight is 325 g/mol. The van der Waals surface area contributed by atoms with E-state index in [4.69, 9.17) is 0 Å². The van der Waals surface area contributed by atoms with Crippen LogP contribution in [0.3, 0.4) is 0 Å². The van der Waals surface area contributed by atoms with Crippen molar-refractivity contribution in [3.8, 4) is 5.75 Å². The van der Waals surface area contributed by atoms with Crippen molar-refractivity contribution in [3.05, 3.63) is 41.0 Å². The van der Waals surface area contributed by atoms with Crippen molar-refractivity contribution in [1.82, 2.24) is 4.90 Å². The molecular weight excluding hydrogens is 298 g/mol. The topological polar surface area (TPSA) is 40.5 Å². The van der Waals surface area contributed by atoms with Crippen LogP contribution in [0.1, 0.15) is 61.9 Å². The molecule has 128 valence electrons. The number of nitrogens with zero attached hydrogens (tertiary/aromatic N) is 1. The van der Waals surface area contributed by atoms with E-state index in [9.17, 15) is 9.90 Å². The van der Waals surface area contributed by atoms with Gasteiger partial charge in [-0.25, -0.2) is 0 Å². The summed E-state index contributed by atoms with van der Waals surface area (Å²) in [6, 6.07) is 5.43. The standard InChI is InChI=1S/C21H27NO2/c1-14(2)8-11-22-12-10-21-9-4-3-5-17(21)19(22)20(24)16-7-6-15(23)13-18(16)21/h6-8,13,17,19,23H,3-5,9-12H2,1-2H3/t17-,19-,21+/m0/s1. The number of ketones is 1. The Morgan fingerprint density at radius 3 is 2.96 bits per heavy atom. The zero-order valence-electron chi connectivity index (χ0n) is 14.7. The molecule has 1 aliphatic heterocycles. The van der Waals surface area contributed by atoms with Gasteiger partial charge in [-0.05, 0) is 62.8 Å². The number of benzene rings is 1. The molecule has 1 heterocycles. The van der Waals surface area contributed by atoms with Crippen LogP contribution in [0.5, 0.6) is 5.75 Å². The molecule has 1 saturated carbocycles. The second kappa shape index (κ2) is 5.73. The Labute approximate surface area is 144 Å². The van der Waals surface area contributed by atoms with Gasteiger partial charge in [0, 0.05) is 24.1 Å². The molecule has 0 aromatic heterocycles. The van der Waals surface area contributed by atoms with E-state index in [0.717, 1.165) is 43.5 Å². The van der Waals surface area contributed by atoms with Crippen LogP contribution in [0.2, 0.25) is 0 Å². The molecular formula is C21H27NO2. The summed E-state index contributed by atoms with van der Waals surface area (Å²) in [5, 5.41) is 10.0. The Morgan fingerprint density at radius 1 is 1.33 bits per heavy atom. The maximum atomic E-state index is 13.3. The van der Waals surface area contributed by atoms with Crippen LogP contribution < -0.4 is 0 Å². The molecule has 0 unspecified atom stereocenters. The third-order valence-corrected chi connectivity index (χ3v) is 6.53. The van der Waals surface area contributed by atoms with Crippen LogP contribution in [0.4, 0.5) is 0 Å². The van der Waals surface area contributed by atoms with Crippen LogP contribution in [0, 0.1) is 5.92 Å². The van der Waals surface area contributed by atoms with Gasteiger partial charge >= 0.3 is 0 Å². The average Bonchev–Trinajstić information content (AvgIpc) is 2.57. The third-order valence-electron chi connectivity index (χ3n) is 6.53. The molecule has 3 aliphatic rings. The third kappa shape index (κ3) is 2.25. The number of phenols is 1. The Bertz CT molecular complexity index is 704. The molecule has 1 aromatic rings. The number of fused-ring (bicyclic) bond motifs is 1. The number of hydrogen-bond donors (Lipinski definition) is 1. The van der Waals surface area contributed by atoms with Crippen molar-refractivity contribution in [3.63, 3.8) is 0 Å². The minimum Gasteiger partial charge on any atom is -0.508 e. The summed E-state index contributed by atoms with van der Waals surface area (Å²) in [7, 11) is 0. The number of carbonyl (C=O) groups excluding carboxylic acids is 1. The van der Waals surface area contributed by atoms with E-state index in [-0.39, 0.29) is 17.2 Å². The molecule has 3 nitrogen and oxygen atoms in total. The van der Waals surface area contributed by atoms with Gasteiger partial charge in [-0.15, -0.1) is 0 Å². The predicted molar refractivity (Wildman–Crippen MR) is 95.5 cm³/mol. The first kappa shape index (κ1) is 15.9. The highest BCUT2D eigenvalue weighted by Crippen LogP contribution is 2.56. The SMILES string of the molecule is CC(C)=CCN1CC[C@]23CCCC[C@H]2[C@H]1C(=O)c1ccc(O)cc13. The number of rotatable bonds is 2. The van der Waals surface area contributed by atoms with Gasteiger partial charge in [0.2, 0.25) is 0 Å². The maximum absolute atomic E-state index is 13.3. The lowest BCUT2D eigenvalue weighted by molar-refractivity contribution is 0.00213. The fourth-order valence-corrected chi connectivity index (χ4v) is 5.41. The quantitative estimate of drug-likeness (QED) is 0.834. The first-order valence-corrected chi connectivity index (χ1v) is 9.28. The Hall–Kier alpha value is -1.61. The maximum Gasteiger partial charge on any atom is 0.180 e. The molecule has 1 aromatic carbocycles. The lowest BCUT2D eigenvalue weighted by atomic mass is 9.52. The van der Waals surface area contributed by atoms with E-state index >= 15 is 0 Å². The zero-order chi connectivity index (χ0) is 16.9. The molecule has 2 fully saturated rings. The van der Waals surface area contributed by atoms with Crippen molar-refractivity contribution in [2.45, 2.75) is 57.4 Å². The summed E-state index contributed by atoms with van der Waals surface area (Å²) in [5.74, 6) is 0.979. The molecule has 4 rings (SSSR count). The molecule has 0 amide bonds. The van der Waals surface area contributed by atoms with Crippen molar-refractivity contribution in [1.29, 1.82) is 0 Å². The number of allylic oxidation sites excluding steroid dienone is 1. The lowest BCUT2D eigenvalue weighted by Crippen LogP contribution is -2.63. The second-order valence-corrected chi connectivity index (χ2v) is 8.07. The largest absolute Gasteiger partial charge is 0.508 e. The summed E-state index contributed by atoms with van der Waals surface area (Å²) < 4.78 is 0. The van der Waals surface area contributed by atoms with Gasteiger partial charge in [-0.3, -0.25) is 9.69 Å². The van der Waals surface area contributed by atoms with Crippen molar-refractivity contribution in [2.75, 3.05) is 13.1 Å². The molecule has 1 saturated heterocycles. The number of carbonyl (C=O) groups is 1. The molecule has 0 spiro atoms. The van der Waals surface area contributed by atoms with Gasteiger partial charge in [0.25, 0.3) is 0 Å². The minimum atomic E-state index is 0.0201. The monoisotopic (exact) mass is 325 g/mol. The van der Waals surface area contributed by atoms with E-state index in [1.807, 2.05) is 12.1 Å². The van der Waals surface area contributed by atoms with Gasteiger partial charge in [0.1, 0.15) is 5.75 Å². The van der Waals surface area contributed by atoms with Crippen LogP contribution in [0.25, 0.3) is 0 Å². The van der Waals surface area contributed by atoms with Crippen LogP contribution >= 0.6 is 0 Å². The summed E-state index contributed by atoms with van der Waals surface area (Å²) >= 11 is 0. The number of Topliss-reactive ketones (excluding diaryl/α,β-unsaturated/α-hetero) is 1. The van der Waals surface area contributed by atoms with Gasteiger partial charge in [0.05, 0.1) is 6.04 Å². The summed E-state index contributed by atoms with van der Waals surface area (Å²) in [6.45, 7) is 6.09. The van der Waals surface area contributed by atoms with E-state index in [0.29, 0.717) is 11.7 Å². The molecule has 2 bridgehead atoms. The van der Waals surface area contributed by atoms with Crippen molar-refractivity contribution in [2.24, 2.45) is 5.92 Å². The number of phenolic OH excluding ortho intramolecular Hbond substituents is 1. The van der Waals surface area contributed by atoms with Gasteiger partial charge in [0.15, 0.2) is 5.78 Å². The lowest BCUT2D eigenvalue weighted by Gasteiger charge is -2.58. The Balaban J connectivity index is 1.82. The fourth-order valence-electron chi connectivity index (χ4n) is 5.41. The highest BCUT2D eigenvalue weighted by molar-refractivity contribution is 6.04. The molecule has 0 radical (unpaired) electrons. The number of hydrogen-bond acceptors (Lipinski definition) is 3. The Morgan fingerprint density at radius 2 is 2.17 bits per heavy atom. The first-order valence-electron chi connectivity index (χ1n) is 9.28. The Kier molecular flexibility index (Phi) is 3.80. The molecule has 24 heavy (non-hydrogen) atoms. The van der Waals surface area contributed by atoms with Crippen molar-refractivity contribution >= 4 is 5.78 Å². The second-order valence-electron chi connectivity index (χ2n) is 8.07. The smallest absolute Gasteiger partial charge is 0.180 e. The number of aromatic hydroxyl groups is 1. The predicted octanol–water partition coefficient (Wildman–Crippen LogP) is 4.06. The molecule has 3 heteroatoms. The molecule has 3 atom stereocenters. The van der Waals surface area contributed by atoms with Gasteiger partial charge in [-0.2, -0.15) is 0 Å². The highest BCUT2D eigenvalue weighted by atomic mass is 16.3. The van der Waals surface area contributed by atoms with Crippen LogP contribution in [-0.2, 0) is 5.41 Å². The molecule has 1 N–H and O–H groups in total. The first-order chi connectivity index (χ1) is 11.5. The minimum absolute atomic E-state index is 0.0201. The van der Waals surface area contributed by atoms with E-state index in [2.05, 4.69) is 24.8 Å². The fraction of sp³-hybridized carbons (Fsp3) is 0.571. The van der Waals surface area contributed by atoms with E-state index in [1.165, 1.54) is 18.4 Å². The number of piperidine rings is 1. The van der Waals surface area contributed by atoms with Crippen LogP contribution in [-0.4, -0.2) is 34.9 Å². The normalized spacial score (nSPS) is 32.0. The highest BCUT2D eigenvalue weighted by Gasteiger charge is 2.56. The van der Waals surface area contributed by atoms with Gasteiger partial charge in [-0.1, -0.05) is 24.5 Å². The summed E-state index contributed by atoms with van der Waals surface area (Å²) in [4.78, 5) is 15.7. The van der Waals surface area contributed by atoms with E-state index in [1.54, 1.807) is 6.07 Å². The van der Waals surface area contributed by atoms with Gasteiger partial charge < -0.3 is 5.11 Å².